The number of phenols is 1. The second-order valence-electron chi connectivity index (χ2n) is 7.19. The molecule has 2 amide bonds. The summed E-state index contributed by atoms with van der Waals surface area (Å²) in [5, 5.41) is 22.5. The number of aromatic nitrogens is 1. The van der Waals surface area contributed by atoms with Gasteiger partial charge in [0.25, 0.3) is 5.91 Å². The van der Waals surface area contributed by atoms with E-state index in [2.05, 4.69) is 10.3 Å². The lowest BCUT2D eigenvalue weighted by Crippen LogP contribution is -2.45. The van der Waals surface area contributed by atoms with Crippen LogP contribution >= 0.6 is 0 Å². The number of rotatable bonds is 5. The average molecular weight is 407 g/mol. The lowest BCUT2D eigenvalue weighted by molar-refractivity contribution is -0.125. The number of aliphatic hydroxyl groups is 1. The number of β-amino-alcohol motifs (C(OH)–C–C–N with tert-alkyl or cyclic N) is 1. The van der Waals surface area contributed by atoms with Crippen molar-refractivity contribution in [2.45, 2.75) is 25.1 Å². The molecule has 0 aliphatic carbocycles. The van der Waals surface area contributed by atoms with Gasteiger partial charge in [-0.15, -0.1) is 0 Å². The largest absolute Gasteiger partial charge is 0.508 e. The van der Waals surface area contributed by atoms with Crippen LogP contribution in [0.3, 0.4) is 0 Å². The highest BCUT2D eigenvalue weighted by atomic mass is 16.3. The molecule has 0 bridgehead atoms. The minimum atomic E-state index is -0.775. The van der Waals surface area contributed by atoms with Crippen molar-refractivity contribution in [2.75, 3.05) is 6.54 Å². The van der Waals surface area contributed by atoms with Crippen molar-refractivity contribution in [3.8, 4) is 17.1 Å². The third kappa shape index (κ3) is 4.18. The predicted molar refractivity (Wildman–Crippen MR) is 107 cm³/mol. The van der Waals surface area contributed by atoms with Crippen LogP contribution < -0.4 is 5.32 Å². The molecule has 1 aliphatic heterocycles. The standard InChI is InChI=1S/C22H21N3O5/c26-17-3-1-2-16(8-17)22(29)25-12-18(27)9-19(25)21(28)24-10-14-4-6-15(7-5-14)20-11-23-13-30-20/h1-8,11,13,18-19,26-27H,9-10,12H2,(H,24,28)/t18-,19+/m1/s1. The Labute approximate surface area is 172 Å². The number of aliphatic hydroxyl groups excluding tert-OH is 1. The molecule has 1 aliphatic rings. The zero-order valence-corrected chi connectivity index (χ0v) is 16.1. The Hall–Kier alpha value is -3.65. The van der Waals surface area contributed by atoms with Crippen molar-refractivity contribution in [3.05, 3.63) is 72.2 Å². The highest BCUT2D eigenvalue weighted by molar-refractivity contribution is 5.98. The van der Waals surface area contributed by atoms with Crippen LogP contribution in [-0.4, -0.2) is 50.6 Å². The molecule has 154 valence electrons. The third-order valence-corrected chi connectivity index (χ3v) is 5.07. The summed E-state index contributed by atoms with van der Waals surface area (Å²) in [4.78, 5) is 30.8. The molecule has 8 nitrogen and oxygen atoms in total. The number of benzene rings is 2. The zero-order chi connectivity index (χ0) is 21.1. The van der Waals surface area contributed by atoms with E-state index in [9.17, 15) is 19.8 Å². The first kappa shape index (κ1) is 19.7. The Morgan fingerprint density at radius 3 is 2.70 bits per heavy atom. The summed E-state index contributed by atoms with van der Waals surface area (Å²) in [6, 6.07) is 12.7. The van der Waals surface area contributed by atoms with Crippen LogP contribution in [0.15, 0.2) is 65.5 Å². The van der Waals surface area contributed by atoms with Gasteiger partial charge in [-0.1, -0.05) is 30.3 Å². The molecular formula is C22H21N3O5. The highest BCUT2D eigenvalue weighted by Gasteiger charge is 2.39. The average Bonchev–Trinajstić information content (AvgIpc) is 3.42. The molecule has 0 saturated carbocycles. The van der Waals surface area contributed by atoms with Gasteiger partial charge in [0.2, 0.25) is 5.91 Å². The zero-order valence-electron chi connectivity index (χ0n) is 16.1. The first-order valence-corrected chi connectivity index (χ1v) is 9.55. The molecule has 3 aromatic rings. The number of phenolic OH excluding ortho intramolecular Hbond substituents is 1. The van der Waals surface area contributed by atoms with Gasteiger partial charge in [-0.3, -0.25) is 9.59 Å². The van der Waals surface area contributed by atoms with Gasteiger partial charge in [-0.05, 0) is 23.8 Å². The van der Waals surface area contributed by atoms with Crippen LogP contribution in [-0.2, 0) is 11.3 Å². The summed E-state index contributed by atoms with van der Waals surface area (Å²) in [5.41, 5.74) is 2.03. The molecule has 1 fully saturated rings. The molecule has 0 spiro atoms. The van der Waals surface area contributed by atoms with E-state index in [-0.39, 0.29) is 36.7 Å². The topological polar surface area (TPSA) is 116 Å². The fraction of sp³-hybridized carbons (Fsp3) is 0.227. The fourth-order valence-corrected chi connectivity index (χ4v) is 3.54. The second-order valence-corrected chi connectivity index (χ2v) is 7.19. The summed E-state index contributed by atoms with van der Waals surface area (Å²) < 4.78 is 5.26. The number of nitrogens with one attached hydrogen (secondary N) is 1. The maximum absolute atomic E-state index is 12.8. The molecule has 2 atom stereocenters. The van der Waals surface area contributed by atoms with Crippen molar-refractivity contribution in [2.24, 2.45) is 0 Å². The Balaban J connectivity index is 1.41. The molecule has 8 heteroatoms. The van der Waals surface area contributed by atoms with E-state index in [4.69, 9.17) is 4.42 Å². The van der Waals surface area contributed by atoms with E-state index in [0.29, 0.717) is 5.76 Å². The smallest absolute Gasteiger partial charge is 0.254 e. The normalized spacial score (nSPS) is 18.4. The van der Waals surface area contributed by atoms with Crippen molar-refractivity contribution < 1.29 is 24.2 Å². The Kier molecular flexibility index (Phi) is 5.49. The van der Waals surface area contributed by atoms with Gasteiger partial charge < -0.3 is 24.8 Å². The molecule has 0 radical (unpaired) electrons. The van der Waals surface area contributed by atoms with Crippen LogP contribution in [0, 0.1) is 0 Å². The van der Waals surface area contributed by atoms with Crippen LogP contribution in [0.5, 0.6) is 5.75 Å². The van der Waals surface area contributed by atoms with Crippen LogP contribution in [0.25, 0.3) is 11.3 Å². The fourth-order valence-electron chi connectivity index (χ4n) is 3.54. The first-order valence-electron chi connectivity index (χ1n) is 9.55. The van der Waals surface area contributed by atoms with E-state index in [1.165, 1.54) is 23.4 Å². The van der Waals surface area contributed by atoms with Gasteiger partial charge in [-0.2, -0.15) is 0 Å². The second kappa shape index (κ2) is 8.38. The number of aromatic hydroxyl groups is 1. The Morgan fingerprint density at radius 1 is 1.20 bits per heavy atom. The summed E-state index contributed by atoms with van der Waals surface area (Å²) >= 11 is 0. The minimum absolute atomic E-state index is 0.0321. The van der Waals surface area contributed by atoms with Gasteiger partial charge in [0.05, 0.1) is 12.3 Å². The van der Waals surface area contributed by atoms with Crippen molar-refractivity contribution in [1.82, 2.24) is 15.2 Å². The third-order valence-electron chi connectivity index (χ3n) is 5.07. The van der Waals surface area contributed by atoms with Gasteiger partial charge in [0.15, 0.2) is 12.2 Å². The van der Waals surface area contributed by atoms with Crippen LogP contribution in [0.4, 0.5) is 0 Å². The number of carbonyl (C=O) groups is 2. The van der Waals surface area contributed by atoms with Crippen molar-refractivity contribution >= 4 is 11.8 Å². The van der Waals surface area contributed by atoms with Crippen LogP contribution in [0.1, 0.15) is 22.3 Å². The maximum Gasteiger partial charge on any atom is 0.254 e. The van der Waals surface area contributed by atoms with Crippen molar-refractivity contribution in [1.29, 1.82) is 0 Å². The summed E-state index contributed by atoms with van der Waals surface area (Å²) in [5.74, 6) is -0.111. The number of hydrogen-bond donors (Lipinski definition) is 3. The summed E-state index contributed by atoms with van der Waals surface area (Å²) in [6.45, 7) is 0.356. The Bertz CT molecular complexity index is 1030. The maximum atomic E-state index is 12.8. The summed E-state index contributed by atoms with van der Waals surface area (Å²) in [6.07, 6.45) is 2.38. The number of nitrogens with zero attached hydrogens (tertiary/aromatic N) is 2. The number of likely N-dealkylation sites (tertiary alicyclic amines) is 1. The SMILES string of the molecule is O=C(NCc1ccc(-c2cnco2)cc1)[C@@H]1C[C@@H](O)CN1C(=O)c1cccc(O)c1. The molecule has 3 N–H and O–H groups in total. The number of hydrogen-bond acceptors (Lipinski definition) is 6. The van der Waals surface area contributed by atoms with Crippen LogP contribution in [0.2, 0.25) is 0 Å². The van der Waals surface area contributed by atoms with Gasteiger partial charge in [-0.25, -0.2) is 4.98 Å². The van der Waals surface area contributed by atoms with E-state index < -0.39 is 18.1 Å². The van der Waals surface area contributed by atoms with Gasteiger partial charge in [0.1, 0.15) is 11.8 Å². The number of oxazole rings is 1. The molecule has 1 saturated heterocycles. The highest BCUT2D eigenvalue weighted by Crippen LogP contribution is 2.23. The Morgan fingerprint density at radius 2 is 2.00 bits per heavy atom. The summed E-state index contributed by atoms with van der Waals surface area (Å²) in [7, 11) is 0. The minimum Gasteiger partial charge on any atom is -0.508 e. The monoisotopic (exact) mass is 407 g/mol. The molecule has 2 aromatic carbocycles. The van der Waals surface area contributed by atoms with E-state index in [0.717, 1.165) is 11.1 Å². The number of amides is 2. The number of carbonyl (C=O) groups excluding carboxylic acids is 2. The first-order chi connectivity index (χ1) is 14.5. The van der Waals surface area contributed by atoms with E-state index >= 15 is 0 Å². The molecule has 2 heterocycles. The molecule has 0 unspecified atom stereocenters. The molecular weight excluding hydrogens is 386 g/mol. The molecule has 4 rings (SSSR count). The lowest BCUT2D eigenvalue weighted by Gasteiger charge is -2.24. The van der Waals surface area contributed by atoms with Crippen molar-refractivity contribution in [3.63, 3.8) is 0 Å². The van der Waals surface area contributed by atoms with Gasteiger partial charge in [0, 0.05) is 30.6 Å². The van der Waals surface area contributed by atoms with E-state index in [1.54, 1.807) is 18.3 Å². The lowest BCUT2D eigenvalue weighted by atomic mass is 10.1. The quantitative estimate of drug-likeness (QED) is 0.595. The van der Waals surface area contributed by atoms with E-state index in [1.807, 2.05) is 24.3 Å². The molecule has 30 heavy (non-hydrogen) atoms. The molecule has 1 aromatic heterocycles. The van der Waals surface area contributed by atoms with Gasteiger partial charge >= 0.3 is 0 Å². The predicted octanol–water partition coefficient (Wildman–Crippen LogP) is 1.94.